The maximum atomic E-state index is 11.4. The molecule has 1 atom stereocenters. The highest BCUT2D eigenvalue weighted by Gasteiger charge is 2.22. The Bertz CT molecular complexity index is 222. The van der Waals surface area contributed by atoms with Gasteiger partial charge in [0.2, 0.25) is 5.91 Å². The Kier molecular flexibility index (Phi) is 7.54. The van der Waals surface area contributed by atoms with Crippen molar-refractivity contribution in [3.63, 3.8) is 0 Å². The van der Waals surface area contributed by atoms with E-state index >= 15 is 0 Å². The van der Waals surface area contributed by atoms with Crippen molar-refractivity contribution in [2.24, 2.45) is 0 Å². The summed E-state index contributed by atoms with van der Waals surface area (Å²) in [5.41, 5.74) is 0. The first-order chi connectivity index (χ1) is 6.74. The van der Waals surface area contributed by atoms with Gasteiger partial charge >= 0.3 is 5.97 Å². The SMILES string of the molecule is CCOC(=O)CNC(=O)[C@H]1CSCN1.Cl. The summed E-state index contributed by atoms with van der Waals surface area (Å²) < 4.78 is 4.68. The Balaban J connectivity index is 0.00000196. The fraction of sp³-hybridized carbons (Fsp3) is 0.750. The van der Waals surface area contributed by atoms with Crippen LogP contribution in [0, 0.1) is 0 Å². The van der Waals surface area contributed by atoms with Gasteiger partial charge in [0, 0.05) is 11.6 Å². The Morgan fingerprint density at radius 2 is 2.33 bits per heavy atom. The van der Waals surface area contributed by atoms with Crippen LogP contribution in [-0.2, 0) is 14.3 Å². The van der Waals surface area contributed by atoms with E-state index in [0.29, 0.717) is 6.61 Å². The van der Waals surface area contributed by atoms with Crippen LogP contribution in [0.5, 0.6) is 0 Å². The average Bonchev–Trinajstić information content (AvgIpc) is 2.67. The summed E-state index contributed by atoms with van der Waals surface area (Å²) in [6.07, 6.45) is 0. The van der Waals surface area contributed by atoms with Crippen LogP contribution in [0.1, 0.15) is 6.92 Å². The number of esters is 1. The van der Waals surface area contributed by atoms with Crippen molar-refractivity contribution in [1.82, 2.24) is 10.6 Å². The molecule has 0 unspecified atom stereocenters. The minimum Gasteiger partial charge on any atom is -0.465 e. The van der Waals surface area contributed by atoms with Crippen LogP contribution in [0.3, 0.4) is 0 Å². The molecule has 1 fully saturated rings. The molecule has 0 saturated carbocycles. The molecule has 15 heavy (non-hydrogen) atoms. The van der Waals surface area contributed by atoms with E-state index in [9.17, 15) is 9.59 Å². The van der Waals surface area contributed by atoms with Crippen molar-refractivity contribution in [2.45, 2.75) is 13.0 Å². The minimum atomic E-state index is -0.397. The predicted molar refractivity (Wildman–Crippen MR) is 61.1 cm³/mol. The van der Waals surface area contributed by atoms with Gasteiger partial charge in [-0.2, -0.15) is 0 Å². The molecule has 0 spiro atoms. The Morgan fingerprint density at radius 3 is 2.87 bits per heavy atom. The summed E-state index contributed by atoms with van der Waals surface area (Å²) in [7, 11) is 0. The third-order valence-corrected chi connectivity index (χ3v) is 2.68. The van der Waals surface area contributed by atoms with E-state index in [-0.39, 0.29) is 30.9 Å². The second kappa shape index (κ2) is 7.78. The number of nitrogens with one attached hydrogen (secondary N) is 2. The molecule has 1 heterocycles. The number of halogens is 1. The zero-order valence-corrected chi connectivity index (χ0v) is 10.1. The molecule has 0 aliphatic carbocycles. The number of carbonyl (C=O) groups is 2. The first-order valence-electron chi connectivity index (χ1n) is 4.48. The highest BCUT2D eigenvalue weighted by molar-refractivity contribution is 7.99. The van der Waals surface area contributed by atoms with Gasteiger partial charge in [-0.25, -0.2) is 0 Å². The molecule has 0 aromatic carbocycles. The lowest BCUT2D eigenvalue weighted by Crippen LogP contribution is -2.44. The molecule has 88 valence electrons. The summed E-state index contributed by atoms with van der Waals surface area (Å²) in [6.45, 7) is 2.02. The molecular formula is C8H15ClN2O3S. The molecule has 1 saturated heterocycles. The van der Waals surface area contributed by atoms with Gasteiger partial charge in [0.15, 0.2) is 0 Å². The molecule has 7 heteroatoms. The highest BCUT2D eigenvalue weighted by Crippen LogP contribution is 2.08. The molecule has 1 aliphatic rings. The number of carbonyl (C=O) groups excluding carboxylic acids is 2. The molecule has 1 aliphatic heterocycles. The van der Waals surface area contributed by atoms with Gasteiger partial charge in [-0.1, -0.05) is 0 Å². The first kappa shape index (κ1) is 14.5. The lowest BCUT2D eigenvalue weighted by molar-refractivity contribution is -0.143. The minimum absolute atomic E-state index is 0. The fourth-order valence-corrected chi connectivity index (χ4v) is 2.00. The van der Waals surface area contributed by atoms with Crippen LogP contribution in [0.2, 0.25) is 0 Å². The zero-order valence-electron chi connectivity index (χ0n) is 8.45. The third-order valence-electron chi connectivity index (χ3n) is 1.75. The van der Waals surface area contributed by atoms with Gasteiger partial charge in [-0.3, -0.25) is 14.9 Å². The van der Waals surface area contributed by atoms with Crippen molar-refractivity contribution >= 4 is 36.0 Å². The van der Waals surface area contributed by atoms with Gasteiger partial charge < -0.3 is 10.1 Å². The van der Waals surface area contributed by atoms with Crippen LogP contribution >= 0.6 is 24.2 Å². The molecule has 0 radical (unpaired) electrons. The lowest BCUT2D eigenvalue weighted by atomic mass is 10.3. The maximum Gasteiger partial charge on any atom is 0.325 e. The molecule has 1 rings (SSSR count). The molecule has 2 N–H and O–H groups in total. The topological polar surface area (TPSA) is 67.4 Å². The number of amides is 1. The van der Waals surface area contributed by atoms with Gasteiger partial charge in [-0.15, -0.1) is 24.2 Å². The van der Waals surface area contributed by atoms with E-state index in [1.165, 1.54) is 0 Å². The van der Waals surface area contributed by atoms with Gasteiger partial charge in [0.25, 0.3) is 0 Å². The zero-order chi connectivity index (χ0) is 10.4. The van der Waals surface area contributed by atoms with E-state index in [4.69, 9.17) is 0 Å². The Hall–Kier alpha value is -0.460. The second-order valence-corrected chi connectivity index (χ2v) is 3.82. The quantitative estimate of drug-likeness (QED) is 0.678. The largest absolute Gasteiger partial charge is 0.465 e. The van der Waals surface area contributed by atoms with Gasteiger partial charge in [0.1, 0.15) is 6.54 Å². The molecule has 0 aromatic rings. The summed E-state index contributed by atoms with van der Waals surface area (Å²) in [5.74, 6) is 1.01. The predicted octanol–water partition coefficient (Wildman–Crippen LogP) is -0.250. The second-order valence-electron chi connectivity index (χ2n) is 2.79. The monoisotopic (exact) mass is 254 g/mol. The first-order valence-corrected chi connectivity index (χ1v) is 5.64. The molecule has 1 amide bonds. The van der Waals surface area contributed by atoms with Crippen molar-refractivity contribution in [2.75, 3.05) is 24.8 Å². The van der Waals surface area contributed by atoms with Crippen LogP contribution in [0.15, 0.2) is 0 Å². The average molecular weight is 255 g/mol. The highest BCUT2D eigenvalue weighted by atomic mass is 35.5. The summed E-state index contributed by atoms with van der Waals surface area (Å²) >= 11 is 1.67. The summed E-state index contributed by atoms with van der Waals surface area (Å²) in [5, 5.41) is 5.53. The standard InChI is InChI=1S/C8H14N2O3S.ClH/c1-2-13-7(11)3-9-8(12)6-4-14-5-10-6;/h6,10H,2-5H2,1H3,(H,9,12);1H/t6-;/m1./s1. The van der Waals surface area contributed by atoms with Crippen LogP contribution < -0.4 is 10.6 Å². The smallest absolute Gasteiger partial charge is 0.325 e. The number of ether oxygens (including phenoxy) is 1. The van der Waals surface area contributed by atoms with Crippen molar-refractivity contribution in [1.29, 1.82) is 0 Å². The molecule has 5 nitrogen and oxygen atoms in total. The van der Waals surface area contributed by atoms with Crippen molar-refractivity contribution in [3.8, 4) is 0 Å². The lowest BCUT2D eigenvalue weighted by Gasteiger charge is -2.09. The number of hydrogen-bond donors (Lipinski definition) is 2. The number of rotatable bonds is 4. The van der Waals surface area contributed by atoms with Crippen LogP contribution in [0.25, 0.3) is 0 Å². The third kappa shape index (κ3) is 5.25. The normalized spacial score (nSPS) is 19.1. The van der Waals surface area contributed by atoms with Crippen LogP contribution in [-0.4, -0.2) is 42.7 Å². The maximum absolute atomic E-state index is 11.4. The molecule has 0 bridgehead atoms. The van der Waals surface area contributed by atoms with E-state index in [1.54, 1.807) is 18.7 Å². The van der Waals surface area contributed by atoms with E-state index < -0.39 is 5.97 Å². The van der Waals surface area contributed by atoms with E-state index in [0.717, 1.165) is 11.6 Å². The molecule has 0 aromatic heterocycles. The van der Waals surface area contributed by atoms with Gasteiger partial charge in [0.05, 0.1) is 12.6 Å². The van der Waals surface area contributed by atoms with E-state index in [1.807, 2.05) is 0 Å². The van der Waals surface area contributed by atoms with Gasteiger partial charge in [-0.05, 0) is 6.92 Å². The summed E-state index contributed by atoms with van der Waals surface area (Å²) in [4.78, 5) is 22.3. The Morgan fingerprint density at radius 1 is 1.60 bits per heavy atom. The van der Waals surface area contributed by atoms with Crippen LogP contribution in [0.4, 0.5) is 0 Å². The molecular weight excluding hydrogens is 240 g/mol. The number of thioether (sulfide) groups is 1. The Labute approximate surface area is 99.1 Å². The van der Waals surface area contributed by atoms with Crippen molar-refractivity contribution < 1.29 is 14.3 Å². The van der Waals surface area contributed by atoms with E-state index in [2.05, 4.69) is 15.4 Å². The fourth-order valence-electron chi connectivity index (χ4n) is 1.06. The van der Waals surface area contributed by atoms with Crippen molar-refractivity contribution in [3.05, 3.63) is 0 Å². The summed E-state index contributed by atoms with van der Waals surface area (Å²) in [6, 6.07) is -0.172. The number of hydrogen-bond acceptors (Lipinski definition) is 5.